The minimum Gasteiger partial charge on any atom is -0.361 e. The fourth-order valence-corrected chi connectivity index (χ4v) is 1.77. The van der Waals surface area contributed by atoms with Crippen molar-refractivity contribution in [2.24, 2.45) is 0 Å². The summed E-state index contributed by atoms with van der Waals surface area (Å²) in [4.78, 5) is 7.75. The quantitative estimate of drug-likeness (QED) is 0.676. The summed E-state index contributed by atoms with van der Waals surface area (Å²) in [5, 5.41) is 3.94. The normalized spacial score (nSPS) is 11.1. The molecule has 0 aliphatic carbocycles. The number of benzene rings is 1. The Balaban J connectivity index is 2.22. The molecule has 4 heteroatoms. The zero-order valence-electron chi connectivity index (χ0n) is 9.11. The number of imidazole rings is 1. The van der Waals surface area contributed by atoms with Crippen molar-refractivity contribution in [3.05, 3.63) is 35.6 Å². The maximum atomic E-state index is 5.04. The lowest BCUT2D eigenvalue weighted by molar-refractivity contribution is 0.399. The molecule has 0 unspecified atom stereocenters. The smallest absolute Gasteiger partial charge is 0.160 e. The lowest BCUT2D eigenvalue weighted by Gasteiger charge is -1.90. The Bertz CT molecular complexity index is 651. The van der Waals surface area contributed by atoms with Crippen LogP contribution >= 0.6 is 0 Å². The first-order valence-electron chi connectivity index (χ1n) is 5.13. The van der Waals surface area contributed by atoms with Gasteiger partial charge in [-0.15, -0.1) is 0 Å². The number of nitrogens with one attached hydrogen (secondary N) is 1. The molecule has 80 valence electrons. The summed E-state index contributed by atoms with van der Waals surface area (Å²) in [5.74, 6) is 1.54. The third-order valence-electron chi connectivity index (χ3n) is 2.59. The molecule has 0 fully saturated rings. The van der Waals surface area contributed by atoms with E-state index in [0.717, 1.165) is 33.9 Å². The second-order valence-corrected chi connectivity index (χ2v) is 3.88. The lowest BCUT2D eigenvalue weighted by atomic mass is 10.2. The Morgan fingerprint density at radius 1 is 1.25 bits per heavy atom. The van der Waals surface area contributed by atoms with Crippen molar-refractivity contribution in [3.8, 4) is 11.5 Å². The first-order chi connectivity index (χ1) is 7.74. The van der Waals surface area contributed by atoms with Crippen molar-refractivity contribution < 1.29 is 4.52 Å². The van der Waals surface area contributed by atoms with Gasteiger partial charge in [-0.1, -0.05) is 17.3 Å². The van der Waals surface area contributed by atoms with Crippen LogP contribution in [-0.2, 0) is 0 Å². The van der Waals surface area contributed by atoms with Crippen molar-refractivity contribution in [3.63, 3.8) is 0 Å². The van der Waals surface area contributed by atoms with Crippen LogP contribution in [0.3, 0.4) is 0 Å². The van der Waals surface area contributed by atoms with Crippen molar-refractivity contribution in [2.45, 2.75) is 13.8 Å². The van der Waals surface area contributed by atoms with Crippen molar-refractivity contribution >= 4 is 11.0 Å². The van der Waals surface area contributed by atoms with Gasteiger partial charge in [0.1, 0.15) is 11.5 Å². The first-order valence-corrected chi connectivity index (χ1v) is 5.13. The largest absolute Gasteiger partial charge is 0.361 e. The van der Waals surface area contributed by atoms with E-state index in [1.54, 1.807) is 0 Å². The van der Waals surface area contributed by atoms with Crippen molar-refractivity contribution in [1.29, 1.82) is 0 Å². The molecule has 0 amide bonds. The molecule has 0 atom stereocenters. The number of H-pyrrole nitrogens is 1. The van der Waals surface area contributed by atoms with Crippen LogP contribution in [0.4, 0.5) is 0 Å². The maximum absolute atomic E-state index is 5.04. The predicted octanol–water partition coefficient (Wildman–Crippen LogP) is 2.83. The molecule has 1 aromatic carbocycles. The van der Waals surface area contributed by atoms with Gasteiger partial charge < -0.3 is 9.51 Å². The maximum Gasteiger partial charge on any atom is 0.160 e. The molecule has 0 aliphatic heterocycles. The number of rotatable bonds is 1. The fraction of sp³-hybridized carbons (Fsp3) is 0.167. The minimum absolute atomic E-state index is 0.744. The number of hydrogen-bond acceptors (Lipinski definition) is 3. The molecule has 3 rings (SSSR count). The van der Waals surface area contributed by atoms with Gasteiger partial charge in [-0.3, -0.25) is 0 Å². The van der Waals surface area contributed by atoms with Gasteiger partial charge in [0.05, 0.1) is 11.0 Å². The molecule has 2 aromatic heterocycles. The molecule has 0 saturated heterocycles. The van der Waals surface area contributed by atoms with Gasteiger partial charge in [-0.25, -0.2) is 4.98 Å². The fourth-order valence-electron chi connectivity index (χ4n) is 1.77. The molecule has 3 aromatic rings. The van der Waals surface area contributed by atoms with Gasteiger partial charge in [0.15, 0.2) is 5.82 Å². The van der Waals surface area contributed by atoms with Crippen molar-refractivity contribution in [1.82, 2.24) is 15.1 Å². The van der Waals surface area contributed by atoms with Gasteiger partial charge in [-0.2, -0.15) is 0 Å². The van der Waals surface area contributed by atoms with Gasteiger partial charge in [0, 0.05) is 6.07 Å². The molecule has 0 aliphatic rings. The third-order valence-corrected chi connectivity index (χ3v) is 2.59. The van der Waals surface area contributed by atoms with E-state index in [2.05, 4.69) is 15.1 Å². The zero-order valence-corrected chi connectivity index (χ0v) is 9.11. The average molecular weight is 213 g/mol. The summed E-state index contributed by atoms with van der Waals surface area (Å²) in [6, 6.07) is 7.92. The summed E-state index contributed by atoms with van der Waals surface area (Å²) >= 11 is 0. The van der Waals surface area contributed by atoms with E-state index in [1.165, 1.54) is 0 Å². The molecular formula is C12H11N3O. The Morgan fingerprint density at radius 2 is 2.12 bits per heavy atom. The topological polar surface area (TPSA) is 54.7 Å². The second kappa shape index (κ2) is 3.20. The van der Waals surface area contributed by atoms with Crippen LogP contribution in [0.5, 0.6) is 0 Å². The molecule has 1 N–H and O–H groups in total. The molecule has 0 spiro atoms. The van der Waals surface area contributed by atoms with Crippen LogP contribution in [0.1, 0.15) is 11.3 Å². The number of hydrogen-bond donors (Lipinski definition) is 1. The van der Waals surface area contributed by atoms with Crippen LogP contribution in [0.2, 0.25) is 0 Å². The van der Waals surface area contributed by atoms with Crippen LogP contribution in [0, 0.1) is 13.8 Å². The summed E-state index contributed by atoms with van der Waals surface area (Å²) in [6.45, 7) is 3.91. The van der Waals surface area contributed by atoms with E-state index in [-0.39, 0.29) is 0 Å². The lowest BCUT2D eigenvalue weighted by Crippen LogP contribution is -1.78. The molecule has 0 saturated carbocycles. The van der Waals surface area contributed by atoms with Crippen LogP contribution in [0.25, 0.3) is 22.6 Å². The van der Waals surface area contributed by atoms with Gasteiger partial charge in [0.25, 0.3) is 0 Å². The highest BCUT2D eigenvalue weighted by molar-refractivity contribution is 5.81. The molecule has 16 heavy (non-hydrogen) atoms. The molecular weight excluding hydrogens is 202 g/mol. The number of aromatic nitrogens is 3. The average Bonchev–Trinajstić information content (AvgIpc) is 2.84. The summed E-state index contributed by atoms with van der Waals surface area (Å²) in [7, 11) is 0. The highest BCUT2D eigenvalue weighted by Crippen LogP contribution is 2.21. The minimum atomic E-state index is 0.744. The Kier molecular flexibility index (Phi) is 1.83. The Hall–Kier alpha value is -2.10. The number of nitrogens with zero attached hydrogens (tertiary/aromatic N) is 2. The monoisotopic (exact) mass is 213 g/mol. The van der Waals surface area contributed by atoms with E-state index in [9.17, 15) is 0 Å². The predicted molar refractivity (Wildman–Crippen MR) is 61.1 cm³/mol. The van der Waals surface area contributed by atoms with Gasteiger partial charge in [0.2, 0.25) is 0 Å². The highest BCUT2D eigenvalue weighted by Gasteiger charge is 2.10. The van der Waals surface area contributed by atoms with E-state index in [0.29, 0.717) is 0 Å². The highest BCUT2D eigenvalue weighted by atomic mass is 16.5. The van der Waals surface area contributed by atoms with E-state index in [4.69, 9.17) is 4.52 Å². The molecule has 2 heterocycles. The Morgan fingerprint density at radius 3 is 2.81 bits per heavy atom. The third kappa shape index (κ3) is 1.31. The summed E-state index contributed by atoms with van der Waals surface area (Å²) in [6.07, 6.45) is 0. The standard InChI is InChI=1S/C12H11N3O/c1-7-4-3-5-9-11(7)14-12(13-9)10-6-8(2)16-15-10/h3-6H,1-2H3,(H,13,14). The van der Waals surface area contributed by atoms with Gasteiger partial charge >= 0.3 is 0 Å². The second-order valence-electron chi connectivity index (χ2n) is 3.88. The molecule has 4 nitrogen and oxygen atoms in total. The van der Waals surface area contributed by atoms with Crippen LogP contribution in [0.15, 0.2) is 28.8 Å². The zero-order chi connectivity index (χ0) is 11.1. The van der Waals surface area contributed by atoms with E-state index in [1.807, 2.05) is 38.1 Å². The summed E-state index contributed by atoms with van der Waals surface area (Å²) in [5.41, 5.74) is 3.90. The van der Waals surface area contributed by atoms with E-state index >= 15 is 0 Å². The van der Waals surface area contributed by atoms with Crippen molar-refractivity contribution in [2.75, 3.05) is 0 Å². The SMILES string of the molecule is Cc1cc(-c2nc3c(C)cccc3[nH]2)no1. The number of aryl methyl sites for hydroxylation is 2. The van der Waals surface area contributed by atoms with Crippen LogP contribution in [-0.4, -0.2) is 15.1 Å². The van der Waals surface area contributed by atoms with Gasteiger partial charge in [-0.05, 0) is 25.5 Å². The summed E-state index contributed by atoms with van der Waals surface area (Å²) < 4.78 is 5.04. The number of fused-ring (bicyclic) bond motifs is 1. The Labute approximate surface area is 92.3 Å². The number of aromatic amines is 1. The van der Waals surface area contributed by atoms with Crippen LogP contribution < -0.4 is 0 Å². The van der Waals surface area contributed by atoms with E-state index < -0.39 is 0 Å². The first kappa shape index (κ1) is 9.15. The molecule has 0 radical (unpaired) electrons. The number of para-hydroxylation sites is 1. The molecule has 0 bridgehead atoms.